The van der Waals surface area contributed by atoms with Gasteiger partial charge in [-0.25, -0.2) is 16.8 Å². The molecule has 3 aliphatic heterocycles. The predicted molar refractivity (Wildman–Crippen MR) is 313 cm³/mol. The third-order valence-electron chi connectivity index (χ3n) is 17.4. The minimum Gasteiger partial charge on any atom is -0.481 e. The van der Waals surface area contributed by atoms with Crippen molar-refractivity contribution in [3.63, 3.8) is 0 Å². The van der Waals surface area contributed by atoms with Crippen LogP contribution in [-0.2, 0) is 34.1 Å². The molecule has 1 saturated heterocycles. The molecule has 5 aromatic rings. The van der Waals surface area contributed by atoms with Gasteiger partial charge in [0, 0.05) is 62.5 Å². The molecule has 5 aromatic carbocycles. The largest absolute Gasteiger partial charge is 0.481 e. The number of imide groups is 2. The summed E-state index contributed by atoms with van der Waals surface area (Å²) >= 11 is 0. The summed E-state index contributed by atoms with van der Waals surface area (Å²) in [6.45, 7) is 7.12. The number of fused-ring (bicyclic) bond motifs is 2. The van der Waals surface area contributed by atoms with Gasteiger partial charge in [-0.2, -0.15) is 0 Å². The quantitative estimate of drug-likeness (QED) is 0.0151. The summed E-state index contributed by atoms with van der Waals surface area (Å²) in [6.07, 6.45) is 15.3. The topological polar surface area (TPSA) is 251 Å². The van der Waals surface area contributed by atoms with Gasteiger partial charge in [-0.1, -0.05) is 129 Å². The lowest BCUT2D eigenvalue weighted by Gasteiger charge is -2.41. The number of benzene rings is 5. The smallest absolute Gasteiger partial charge is 0.303 e. The number of rotatable bonds is 29. The maximum Gasteiger partial charge on any atom is 0.303 e. The molecule has 1 saturated carbocycles. The molecule has 4 atom stereocenters. The van der Waals surface area contributed by atoms with Gasteiger partial charge in [0.05, 0.1) is 44.5 Å². The van der Waals surface area contributed by atoms with E-state index in [9.17, 15) is 19.5 Å². The van der Waals surface area contributed by atoms with E-state index in [1.165, 1.54) is 35.2 Å². The molecule has 2 fully saturated rings. The lowest BCUT2D eigenvalue weighted by molar-refractivity contribution is -0.137. The molecular formula is C62H79N5O12S2. The number of carboxylic acid groups (broad SMARTS) is 1. The van der Waals surface area contributed by atoms with Gasteiger partial charge in [0.1, 0.15) is 6.04 Å². The lowest BCUT2D eigenvalue weighted by atomic mass is 9.81. The number of hydrogen-bond acceptors (Lipinski definition) is 12. The van der Waals surface area contributed by atoms with Crippen molar-refractivity contribution in [3.8, 4) is 0 Å². The zero-order valence-corrected chi connectivity index (χ0v) is 48.9. The van der Waals surface area contributed by atoms with Crippen LogP contribution in [0, 0.1) is 0 Å². The Morgan fingerprint density at radius 1 is 0.593 bits per heavy atom. The summed E-state index contributed by atoms with van der Waals surface area (Å²) in [5.41, 5.74) is -0.264. The first-order valence-corrected chi connectivity index (χ1v) is 33.3. The van der Waals surface area contributed by atoms with Crippen LogP contribution in [0.5, 0.6) is 0 Å². The molecule has 0 aromatic heterocycles. The number of carbonyl (C=O) groups is 7. The number of unbranched alkanes of at least 4 members (excludes halogenated alkanes) is 13. The number of amides is 6. The lowest BCUT2D eigenvalue weighted by Crippen LogP contribution is -2.59. The van der Waals surface area contributed by atoms with E-state index >= 15 is 36.0 Å². The van der Waals surface area contributed by atoms with Crippen molar-refractivity contribution in [1.82, 2.24) is 25.8 Å². The third-order valence-corrected chi connectivity index (χ3v) is 21.0. The fraction of sp³-hybridized carbons (Fsp3) is 0.565. The second-order valence-electron chi connectivity index (χ2n) is 23.0. The number of carbonyl (C=O) groups excluding carboxylic acids is 6. The van der Waals surface area contributed by atoms with Gasteiger partial charge < -0.3 is 21.1 Å². The van der Waals surface area contributed by atoms with Gasteiger partial charge in [0.25, 0.3) is 23.6 Å². The van der Waals surface area contributed by atoms with Crippen molar-refractivity contribution in [2.75, 3.05) is 24.6 Å². The van der Waals surface area contributed by atoms with Crippen LogP contribution in [0.25, 0.3) is 43.1 Å². The monoisotopic (exact) mass is 1150 g/mol. The highest BCUT2D eigenvalue weighted by Crippen LogP contribution is 2.51. The third kappa shape index (κ3) is 11.8. The van der Waals surface area contributed by atoms with E-state index in [1.54, 1.807) is 6.07 Å². The number of nitrogens with zero attached hydrogens (tertiary/aromatic N) is 2. The summed E-state index contributed by atoms with van der Waals surface area (Å²) in [5, 5.41) is 20.1. The number of nitrogens with one attached hydrogen (secondary N) is 3. The highest BCUT2D eigenvalue weighted by Gasteiger charge is 2.46. The molecule has 0 radical (unpaired) electrons. The Labute approximate surface area is 475 Å². The first kappa shape index (κ1) is 59.6. The van der Waals surface area contributed by atoms with Gasteiger partial charge in [-0.15, -0.1) is 0 Å². The van der Waals surface area contributed by atoms with Gasteiger partial charge in [-0.05, 0) is 92.9 Å². The molecule has 19 heteroatoms. The van der Waals surface area contributed by atoms with Crippen LogP contribution in [0.4, 0.5) is 0 Å². The van der Waals surface area contributed by atoms with Gasteiger partial charge in [0.2, 0.25) is 11.8 Å². The Bertz CT molecular complexity index is 3500. The maximum atomic E-state index is 15.5. The van der Waals surface area contributed by atoms with Crippen LogP contribution in [-0.4, -0.2) is 122 Å². The molecule has 436 valence electrons. The Morgan fingerprint density at radius 3 is 1.63 bits per heavy atom. The molecule has 6 amide bonds. The summed E-state index contributed by atoms with van der Waals surface area (Å²) in [6, 6.07) is 5.33. The molecule has 0 unspecified atom stereocenters. The van der Waals surface area contributed by atoms with Crippen molar-refractivity contribution in [2.45, 2.75) is 209 Å². The number of sulfone groups is 2. The van der Waals surface area contributed by atoms with Crippen molar-refractivity contribution < 1.29 is 55.5 Å². The van der Waals surface area contributed by atoms with Crippen LogP contribution < -0.4 is 16.0 Å². The Balaban J connectivity index is 1.28. The molecule has 0 spiro atoms. The highest BCUT2D eigenvalue weighted by molar-refractivity contribution is 7.92. The molecule has 1 aliphatic carbocycles. The first-order chi connectivity index (χ1) is 39.0. The minimum absolute atomic E-state index is 0.0408. The predicted octanol–water partition coefficient (Wildman–Crippen LogP) is 10.3. The zero-order valence-electron chi connectivity index (χ0n) is 47.2. The van der Waals surface area contributed by atoms with Crippen molar-refractivity contribution in [1.29, 1.82) is 0 Å². The average molecular weight is 1150 g/mol. The summed E-state index contributed by atoms with van der Waals surface area (Å²) in [4.78, 5) is 103. The molecule has 0 bridgehead atoms. The zero-order chi connectivity index (χ0) is 57.8. The summed E-state index contributed by atoms with van der Waals surface area (Å²) in [7, 11) is -8.70. The Hall–Kier alpha value is -6.05. The maximum absolute atomic E-state index is 15.5. The van der Waals surface area contributed by atoms with Crippen molar-refractivity contribution in [2.24, 2.45) is 0 Å². The van der Waals surface area contributed by atoms with Crippen molar-refractivity contribution >= 4 is 104 Å². The van der Waals surface area contributed by atoms with Crippen LogP contribution in [0.2, 0.25) is 0 Å². The molecule has 9 rings (SSSR count). The van der Waals surface area contributed by atoms with E-state index in [-0.39, 0.29) is 106 Å². The van der Waals surface area contributed by atoms with E-state index in [4.69, 9.17) is 0 Å². The molecule has 81 heavy (non-hydrogen) atoms. The standard InChI is InChI=1S/C62H79N5O12S2/c1-4-7-10-13-15-20-34-80(76,77)48-36-42-51-40(59(72)66(61(42)74)46-25-18-17-23-44(46)65-57(70)45-24-22-33-63-45)28-26-38-54-49(81(78,79)35-21-16-14-11-8-5-2)37-43-52-41(29-27-39(56(52)54)53(48)55(38)51)60(73)67(62(43)75)47(30-31-50(68)69)58(71)64-32-19-12-9-6-3/h26-29,36-37,44-47,63H,4-25,30-35H2,1-3H3,(H,64,71)(H,65,70)(H,68,69)/t44-,45+,46-,47-/m1/s1. The van der Waals surface area contributed by atoms with Gasteiger partial charge in [0.15, 0.2) is 19.7 Å². The molecule has 4 aliphatic rings. The minimum atomic E-state index is -4.37. The second kappa shape index (κ2) is 25.6. The SMILES string of the molecule is CCCCCCCCS(=O)(=O)c1cc2c3c(ccc4c5c(S(=O)(=O)CCCCCCCC)cc6c7c(ccc(c1c34)c75)C(=O)N([C@@H]1CCCC[C@H]1NC(=O)[C@@H]1CCCN1)C6=O)C(=O)N([C@H](CCC(=O)O)C(=O)NCCCCCC)C2=O. The van der Waals surface area contributed by atoms with E-state index in [0.717, 1.165) is 88.4 Å². The molecule has 17 nitrogen and oxygen atoms in total. The van der Waals surface area contributed by atoms with Crippen LogP contribution in [0.1, 0.15) is 216 Å². The summed E-state index contributed by atoms with van der Waals surface area (Å²) < 4.78 is 61.4. The normalized spacial score (nSPS) is 19.0. The van der Waals surface area contributed by atoms with Crippen molar-refractivity contribution in [3.05, 3.63) is 58.7 Å². The second-order valence-corrected chi connectivity index (χ2v) is 27.1. The highest BCUT2D eigenvalue weighted by atomic mass is 32.2. The first-order valence-electron chi connectivity index (χ1n) is 30.0. The molecular weight excluding hydrogens is 1070 g/mol. The van der Waals surface area contributed by atoms with Crippen LogP contribution >= 0.6 is 0 Å². The Morgan fingerprint density at radius 2 is 1.09 bits per heavy atom. The fourth-order valence-electron chi connectivity index (χ4n) is 13.2. The molecule has 4 N–H and O–H groups in total. The number of carboxylic acids is 1. The van der Waals surface area contributed by atoms with E-state index in [1.807, 2.05) is 6.92 Å². The number of aliphatic carboxylic acids is 1. The Kier molecular flexibility index (Phi) is 18.8. The van der Waals surface area contributed by atoms with E-state index < -0.39 is 92.2 Å². The summed E-state index contributed by atoms with van der Waals surface area (Å²) in [5.74, 6) is -6.13. The van der Waals surface area contributed by atoms with Crippen LogP contribution in [0.15, 0.2) is 46.2 Å². The van der Waals surface area contributed by atoms with Gasteiger partial charge >= 0.3 is 5.97 Å². The van der Waals surface area contributed by atoms with Gasteiger partial charge in [-0.3, -0.25) is 43.4 Å². The average Bonchev–Trinajstić information content (AvgIpc) is 1.21. The van der Waals surface area contributed by atoms with E-state index in [0.29, 0.717) is 57.9 Å². The fourth-order valence-corrected chi connectivity index (χ4v) is 16.4. The van der Waals surface area contributed by atoms with Crippen LogP contribution in [0.3, 0.4) is 0 Å². The van der Waals surface area contributed by atoms with E-state index in [2.05, 4.69) is 29.8 Å². The molecule has 3 heterocycles. The number of hydrogen-bond donors (Lipinski definition) is 4.